The lowest BCUT2D eigenvalue weighted by molar-refractivity contribution is 0.00302. The second-order valence-corrected chi connectivity index (χ2v) is 7.31. The molecule has 7 nitrogen and oxygen atoms in total. The minimum Gasteiger partial charge on any atom is -0.441 e. The average molecular weight is 349 g/mol. The number of carbonyl (C=O) groups is 2. The van der Waals surface area contributed by atoms with Gasteiger partial charge in [0.05, 0.1) is 12.2 Å². The van der Waals surface area contributed by atoms with Crippen LogP contribution in [0.5, 0.6) is 0 Å². The van der Waals surface area contributed by atoms with E-state index in [1.807, 2.05) is 9.80 Å². The number of ether oxygens (including phenoxy) is 1. The first-order valence-corrected chi connectivity index (χ1v) is 9.08. The summed E-state index contributed by atoms with van der Waals surface area (Å²) in [6.45, 7) is 9.50. The molecular weight excluding hydrogens is 322 g/mol. The van der Waals surface area contributed by atoms with Crippen LogP contribution in [0.4, 0.5) is 4.79 Å². The maximum atomic E-state index is 12.7. The Hall–Kier alpha value is -2.05. The highest BCUT2D eigenvalue weighted by Gasteiger charge is 2.48. The molecule has 2 amide bonds. The summed E-state index contributed by atoms with van der Waals surface area (Å²) in [5, 5.41) is 3.86. The van der Waals surface area contributed by atoms with Crippen molar-refractivity contribution in [2.75, 3.05) is 19.6 Å². The van der Waals surface area contributed by atoms with E-state index in [4.69, 9.17) is 9.26 Å². The lowest BCUT2D eigenvalue weighted by Gasteiger charge is -2.37. The lowest BCUT2D eigenvalue weighted by atomic mass is 9.90. The Labute approximate surface area is 148 Å². The van der Waals surface area contributed by atoms with Gasteiger partial charge < -0.3 is 19.1 Å². The molecule has 0 radical (unpaired) electrons. The zero-order chi connectivity index (χ0) is 18.2. The molecule has 138 valence electrons. The first kappa shape index (κ1) is 17.8. The van der Waals surface area contributed by atoms with Crippen molar-refractivity contribution in [2.24, 2.45) is 0 Å². The molecule has 25 heavy (non-hydrogen) atoms. The first-order valence-electron chi connectivity index (χ1n) is 9.08. The molecule has 1 aromatic heterocycles. The van der Waals surface area contributed by atoms with Gasteiger partial charge in [-0.3, -0.25) is 4.79 Å². The van der Waals surface area contributed by atoms with Gasteiger partial charge in [0.1, 0.15) is 16.9 Å². The minimum atomic E-state index is -0.450. The fraction of sp³-hybridized carbons (Fsp3) is 0.722. The van der Waals surface area contributed by atoms with Crippen LogP contribution in [0.25, 0.3) is 0 Å². The molecule has 2 aliphatic rings. The Kier molecular flexibility index (Phi) is 4.75. The zero-order valence-corrected chi connectivity index (χ0v) is 15.5. The van der Waals surface area contributed by atoms with Crippen molar-refractivity contribution < 1.29 is 18.8 Å². The fourth-order valence-corrected chi connectivity index (χ4v) is 3.88. The molecule has 1 spiro atoms. The topological polar surface area (TPSA) is 75.9 Å². The number of hydrogen-bond donors (Lipinski definition) is 0. The average Bonchev–Trinajstić information content (AvgIpc) is 3.07. The van der Waals surface area contributed by atoms with Crippen LogP contribution in [-0.4, -0.2) is 58.2 Å². The summed E-state index contributed by atoms with van der Waals surface area (Å²) in [5.41, 5.74) is 0.724. The van der Waals surface area contributed by atoms with Gasteiger partial charge in [-0.15, -0.1) is 0 Å². The molecule has 0 aliphatic carbocycles. The van der Waals surface area contributed by atoms with E-state index < -0.39 is 5.60 Å². The fourth-order valence-electron chi connectivity index (χ4n) is 3.88. The molecule has 3 rings (SSSR count). The Balaban J connectivity index is 1.64. The third-order valence-corrected chi connectivity index (χ3v) is 5.44. The standard InChI is InChI=1S/C18H27N3O4/c1-5-6-12(2)21-11-18(24-17(21)23)7-9-20(10-8-18)16(22)15-13(3)19-25-14(15)4/h12H,5-11H2,1-4H3/t12-/m0/s1. The van der Waals surface area contributed by atoms with Gasteiger partial charge in [-0.2, -0.15) is 0 Å². The summed E-state index contributed by atoms with van der Waals surface area (Å²) >= 11 is 0. The van der Waals surface area contributed by atoms with E-state index in [1.165, 1.54) is 0 Å². The summed E-state index contributed by atoms with van der Waals surface area (Å²) in [4.78, 5) is 28.6. The van der Waals surface area contributed by atoms with Crippen LogP contribution in [0.1, 0.15) is 61.3 Å². The second kappa shape index (κ2) is 6.69. The van der Waals surface area contributed by atoms with E-state index in [-0.39, 0.29) is 18.0 Å². The summed E-state index contributed by atoms with van der Waals surface area (Å²) in [6.07, 6.45) is 3.14. The number of amides is 2. The molecule has 1 atom stereocenters. The van der Waals surface area contributed by atoms with E-state index in [9.17, 15) is 9.59 Å². The van der Waals surface area contributed by atoms with Crippen LogP contribution in [-0.2, 0) is 4.74 Å². The van der Waals surface area contributed by atoms with Crippen LogP contribution in [0.3, 0.4) is 0 Å². The molecule has 0 bridgehead atoms. The maximum Gasteiger partial charge on any atom is 0.410 e. The number of piperidine rings is 1. The Morgan fingerprint density at radius 3 is 2.56 bits per heavy atom. The normalized spacial score (nSPS) is 20.9. The van der Waals surface area contributed by atoms with Crippen molar-refractivity contribution in [1.82, 2.24) is 15.0 Å². The largest absolute Gasteiger partial charge is 0.441 e. The van der Waals surface area contributed by atoms with Crippen LogP contribution in [0, 0.1) is 13.8 Å². The van der Waals surface area contributed by atoms with Gasteiger partial charge in [-0.1, -0.05) is 18.5 Å². The molecule has 3 heterocycles. The Bertz CT molecular complexity index is 642. The predicted octanol–water partition coefficient (Wildman–Crippen LogP) is 2.91. The zero-order valence-electron chi connectivity index (χ0n) is 15.5. The van der Waals surface area contributed by atoms with Gasteiger partial charge >= 0.3 is 6.09 Å². The van der Waals surface area contributed by atoms with Gasteiger partial charge in [0.15, 0.2) is 0 Å². The van der Waals surface area contributed by atoms with Crippen LogP contribution in [0.15, 0.2) is 4.52 Å². The molecule has 0 saturated carbocycles. The van der Waals surface area contributed by atoms with Crippen molar-refractivity contribution in [1.29, 1.82) is 0 Å². The first-order chi connectivity index (χ1) is 11.9. The van der Waals surface area contributed by atoms with E-state index in [0.29, 0.717) is 49.5 Å². The molecule has 2 fully saturated rings. The number of rotatable bonds is 4. The summed E-state index contributed by atoms with van der Waals surface area (Å²) in [7, 11) is 0. The van der Waals surface area contributed by atoms with Crippen molar-refractivity contribution >= 4 is 12.0 Å². The number of aromatic nitrogens is 1. The quantitative estimate of drug-likeness (QED) is 0.835. The third-order valence-electron chi connectivity index (χ3n) is 5.44. The third kappa shape index (κ3) is 3.24. The van der Waals surface area contributed by atoms with E-state index >= 15 is 0 Å². The smallest absolute Gasteiger partial charge is 0.410 e. The molecule has 0 N–H and O–H groups in total. The highest BCUT2D eigenvalue weighted by atomic mass is 16.6. The summed E-state index contributed by atoms with van der Waals surface area (Å²) in [5.74, 6) is 0.501. The van der Waals surface area contributed by atoms with Gasteiger partial charge in [0, 0.05) is 32.0 Å². The van der Waals surface area contributed by atoms with Crippen LogP contribution >= 0.6 is 0 Å². The number of hydrogen-bond acceptors (Lipinski definition) is 5. The second-order valence-electron chi connectivity index (χ2n) is 7.31. The number of nitrogens with zero attached hydrogens (tertiary/aromatic N) is 3. The lowest BCUT2D eigenvalue weighted by Crippen LogP contribution is -2.49. The molecular formula is C18H27N3O4. The van der Waals surface area contributed by atoms with Gasteiger partial charge in [-0.25, -0.2) is 4.79 Å². The maximum absolute atomic E-state index is 12.7. The number of carbonyl (C=O) groups excluding carboxylic acids is 2. The Morgan fingerprint density at radius 2 is 2.00 bits per heavy atom. The van der Waals surface area contributed by atoms with Crippen molar-refractivity contribution in [3.05, 3.63) is 17.0 Å². The monoisotopic (exact) mass is 349 g/mol. The van der Waals surface area contributed by atoms with Crippen molar-refractivity contribution in [2.45, 2.75) is 65.0 Å². The summed E-state index contributed by atoms with van der Waals surface area (Å²) < 4.78 is 10.9. The Morgan fingerprint density at radius 1 is 1.32 bits per heavy atom. The molecule has 0 unspecified atom stereocenters. The van der Waals surface area contributed by atoms with Gasteiger partial charge in [0.2, 0.25) is 0 Å². The molecule has 2 aliphatic heterocycles. The highest BCUT2D eigenvalue weighted by Crippen LogP contribution is 2.35. The SMILES string of the molecule is CCC[C@H](C)N1CC2(CCN(C(=O)c3c(C)noc3C)CC2)OC1=O. The number of likely N-dealkylation sites (tertiary alicyclic amines) is 1. The molecule has 2 saturated heterocycles. The minimum absolute atomic E-state index is 0.0494. The molecule has 0 aromatic carbocycles. The summed E-state index contributed by atoms with van der Waals surface area (Å²) in [6, 6.07) is 0.193. The van der Waals surface area contributed by atoms with Gasteiger partial charge in [-0.05, 0) is 27.2 Å². The van der Waals surface area contributed by atoms with Crippen LogP contribution < -0.4 is 0 Å². The van der Waals surface area contributed by atoms with Gasteiger partial charge in [0.25, 0.3) is 5.91 Å². The number of aryl methyl sites for hydroxylation is 2. The molecule has 7 heteroatoms. The van der Waals surface area contributed by atoms with E-state index in [2.05, 4.69) is 19.0 Å². The highest BCUT2D eigenvalue weighted by molar-refractivity contribution is 5.96. The van der Waals surface area contributed by atoms with E-state index in [1.54, 1.807) is 13.8 Å². The van der Waals surface area contributed by atoms with Crippen molar-refractivity contribution in [3.8, 4) is 0 Å². The predicted molar refractivity (Wildman–Crippen MR) is 91.4 cm³/mol. The molecule has 1 aromatic rings. The van der Waals surface area contributed by atoms with Crippen molar-refractivity contribution in [3.63, 3.8) is 0 Å². The van der Waals surface area contributed by atoms with E-state index in [0.717, 1.165) is 12.8 Å². The van der Waals surface area contributed by atoms with Crippen LogP contribution in [0.2, 0.25) is 0 Å².